The first kappa shape index (κ1) is 21.4. The first-order valence-electron chi connectivity index (χ1n) is 10.5. The van der Waals surface area contributed by atoms with Crippen LogP contribution in [0.25, 0.3) is 0 Å². The highest BCUT2D eigenvalue weighted by molar-refractivity contribution is 5.81. The van der Waals surface area contributed by atoms with E-state index in [4.69, 9.17) is 0 Å². The zero-order valence-electron chi connectivity index (χ0n) is 17.2. The van der Waals surface area contributed by atoms with Gasteiger partial charge in [-0.05, 0) is 30.2 Å². The second-order valence-electron chi connectivity index (χ2n) is 9.69. The highest BCUT2D eigenvalue weighted by Gasteiger charge is 2.59. The molecule has 1 saturated carbocycles. The second kappa shape index (κ2) is 8.62. The summed E-state index contributed by atoms with van der Waals surface area (Å²) >= 11 is 0. The van der Waals surface area contributed by atoms with Gasteiger partial charge in [-0.15, -0.1) is 0 Å². The highest BCUT2D eigenvalue weighted by Crippen LogP contribution is 2.51. The number of benzene rings is 1. The number of fused-ring (bicyclic) bond motifs is 2. The molecule has 4 atom stereocenters. The van der Waals surface area contributed by atoms with Crippen LogP contribution in [0, 0.1) is 22.7 Å². The molecule has 5 heteroatoms. The Hall–Kier alpha value is -1.27. The standard InChI is InChI=1S/C23H35NO4/c1-17(2)8-19(13-25)12-24-14-22(9-18-6-4-3-5-7-18)10-20(27)11-23(15-24,16-26)21(22)28/h3-7,17,19,21,25-26,28H,8-16H2,1-2H3/t19-,21?,22?,23?/m1/s1. The maximum atomic E-state index is 12.6. The summed E-state index contributed by atoms with van der Waals surface area (Å²) < 4.78 is 0. The third kappa shape index (κ3) is 4.33. The minimum Gasteiger partial charge on any atom is -0.396 e. The van der Waals surface area contributed by atoms with Crippen LogP contribution in [0.15, 0.2) is 30.3 Å². The number of aliphatic hydroxyl groups excluding tert-OH is 3. The SMILES string of the molecule is CC(C)C[C@@H](CO)CN1CC2(CO)CC(=O)CC(Cc3ccccc3)(C1)C2O. The average molecular weight is 390 g/mol. The van der Waals surface area contributed by atoms with Gasteiger partial charge >= 0.3 is 0 Å². The Morgan fingerprint density at radius 1 is 1.11 bits per heavy atom. The van der Waals surface area contributed by atoms with Crippen molar-refractivity contribution in [3.63, 3.8) is 0 Å². The van der Waals surface area contributed by atoms with Crippen LogP contribution in [0.3, 0.4) is 0 Å². The summed E-state index contributed by atoms with van der Waals surface area (Å²) in [7, 11) is 0. The van der Waals surface area contributed by atoms with Crippen molar-refractivity contribution in [1.82, 2.24) is 4.90 Å². The van der Waals surface area contributed by atoms with Gasteiger partial charge < -0.3 is 20.2 Å². The van der Waals surface area contributed by atoms with Crippen molar-refractivity contribution >= 4 is 5.78 Å². The molecule has 0 amide bonds. The fourth-order valence-electron chi connectivity index (χ4n) is 5.70. The topological polar surface area (TPSA) is 81.0 Å². The predicted octanol–water partition coefficient (Wildman–Crippen LogP) is 1.89. The molecule has 1 aliphatic carbocycles. The van der Waals surface area contributed by atoms with Crippen molar-refractivity contribution < 1.29 is 20.1 Å². The lowest BCUT2D eigenvalue weighted by Gasteiger charge is -2.58. The van der Waals surface area contributed by atoms with Crippen molar-refractivity contribution in [2.45, 2.75) is 45.6 Å². The lowest BCUT2D eigenvalue weighted by Crippen LogP contribution is -2.68. The molecular formula is C23H35NO4. The van der Waals surface area contributed by atoms with Gasteiger partial charge in [0.1, 0.15) is 5.78 Å². The van der Waals surface area contributed by atoms with Crippen LogP contribution in [0.4, 0.5) is 0 Å². The van der Waals surface area contributed by atoms with E-state index >= 15 is 0 Å². The number of piperidine rings is 1. The molecule has 0 radical (unpaired) electrons. The molecule has 3 unspecified atom stereocenters. The third-order valence-electron chi connectivity index (χ3n) is 6.63. The number of carbonyl (C=O) groups is 1. The summed E-state index contributed by atoms with van der Waals surface area (Å²) in [6.07, 6.45) is 1.41. The molecule has 1 aromatic carbocycles. The van der Waals surface area contributed by atoms with E-state index in [1.807, 2.05) is 30.3 Å². The summed E-state index contributed by atoms with van der Waals surface area (Å²) in [4.78, 5) is 14.9. The summed E-state index contributed by atoms with van der Waals surface area (Å²) in [5.41, 5.74) is -0.291. The zero-order valence-corrected chi connectivity index (χ0v) is 17.2. The van der Waals surface area contributed by atoms with E-state index in [0.29, 0.717) is 31.8 Å². The smallest absolute Gasteiger partial charge is 0.134 e. The maximum absolute atomic E-state index is 12.6. The molecule has 1 heterocycles. The number of aliphatic hydroxyl groups is 3. The Morgan fingerprint density at radius 2 is 1.75 bits per heavy atom. The Bertz CT molecular complexity index is 664. The van der Waals surface area contributed by atoms with Crippen LogP contribution in [-0.4, -0.2) is 65.0 Å². The monoisotopic (exact) mass is 389 g/mol. The van der Waals surface area contributed by atoms with Crippen LogP contribution in [0.1, 0.15) is 38.7 Å². The molecule has 0 aromatic heterocycles. The predicted molar refractivity (Wildman–Crippen MR) is 109 cm³/mol. The number of rotatable bonds is 8. The van der Waals surface area contributed by atoms with E-state index in [9.17, 15) is 20.1 Å². The lowest BCUT2D eigenvalue weighted by atomic mass is 9.55. The Balaban J connectivity index is 1.89. The molecule has 2 aliphatic rings. The Kier molecular flexibility index (Phi) is 6.60. The fourth-order valence-corrected chi connectivity index (χ4v) is 5.70. The summed E-state index contributed by atoms with van der Waals surface area (Å²) in [6, 6.07) is 10.00. The Morgan fingerprint density at radius 3 is 2.36 bits per heavy atom. The van der Waals surface area contributed by atoms with Gasteiger partial charge in [0.2, 0.25) is 0 Å². The van der Waals surface area contributed by atoms with Crippen LogP contribution in [0.5, 0.6) is 0 Å². The van der Waals surface area contributed by atoms with E-state index in [1.54, 1.807) is 0 Å². The van der Waals surface area contributed by atoms with Gasteiger partial charge in [-0.1, -0.05) is 44.2 Å². The molecule has 2 bridgehead atoms. The summed E-state index contributed by atoms with van der Waals surface area (Å²) in [5, 5.41) is 31.4. The second-order valence-corrected chi connectivity index (χ2v) is 9.69. The summed E-state index contributed by atoms with van der Waals surface area (Å²) in [6.45, 7) is 6.10. The number of nitrogens with zero attached hydrogens (tertiary/aromatic N) is 1. The quantitative estimate of drug-likeness (QED) is 0.633. The van der Waals surface area contributed by atoms with Gasteiger partial charge in [-0.25, -0.2) is 0 Å². The number of likely N-dealkylation sites (tertiary alicyclic amines) is 1. The molecule has 3 rings (SSSR count). The minimum absolute atomic E-state index is 0.133. The maximum Gasteiger partial charge on any atom is 0.134 e. The van der Waals surface area contributed by atoms with Gasteiger partial charge in [0, 0.05) is 49.9 Å². The van der Waals surface area contributed by atoms with Crippen molar-refractivity contribution in [3.05, 3.63) is 35.9 Å². The number of Topliss-reactive ketones (excluding diaryl/α,β-unsaturated/α-hetero) is 1. The van der Waals surface area contributed by atoms with Crippen LogP contribution in [0.2, 0.25) is 0 Å². The molecule has 1 aromatic rings. The Labute approximate surface area is 168 Å². The number of hydrogen-bond acceptors (Lipinski definition) is 5. The molecular weight excluding hydrogens is 354 g/mol. The fraction of sp³-hybridized carbons (Fsp3) is 0.696. The first-order valence-corrected chi connectivity index (χ1v) is 10.5. The van der Waals surface area contributed by atoms with Crippen molar-refractivity contribution in [2.75, 3.05) is 32.8 Å². The molecule has 1 saturated heterocycles. The molecule has 3 N–H and O–H groups in total. The lowest BCUT2D eigenvalue weighted by molar-refractivity contribution is -0.187. The van der Waals surface area contributed by atoms with Gasteiger partial charge in [0.25, 0.3) is 0 Å². The van der Waals surface area contributed by atoms with Crippen LogP contribution in [-0.2, 0) is 11.2 Å². The van der Waals surface area contributed by atoms with Crippen molar-refractivity contribution in [2.24, 2.45) is 22.7 Å². The van der Waals surface area contributed by atoms with E-state index < -0.39 is 16.9 Å². The van der Waals surface area contributed by atoms with Gasteiger partial charge in [-0.2, -0.15) is 0 Å². The number of ketones is 1. The highest BCUT2D eigenvalue weighted by atomic mass is 16.3. The normalized spacial score (nSPS) is 31.9. The van der Waals surface area contributed by atoms with E-state index in [0.717, 1.165) is 18.5 Å². The number of carbonyl (C=O) groups excluding carboxylic acids is 1. The van der Waals surface area contributed by atoms with Crippen LogP contribution < -0.4 is 0 Å². The molecule has 2 fully saturated rings. The molecule has 28 heavy (non-hydrogen) atoms. The van der Waals surface area contributed by atoms with Crippen LogP contribution >= 0.6 is 0 Å². The molecule has 5 nitrogen and oxygen atoms in total. The largest absolute Gasteiger partial charge is 0.396 e. The summed E-state index contributed by atoms with van der Waals surface area (Å²) in [5.74, 6) is 0.797. The van der Waals surface area contributed by atoms with E-state index in [1.165, 1.54) is 0 Å². The van der Waals surface area contributed by atoms with Gasteiger partial charge in [-0.3, -0.25) is 4.79 Å². The number of hydrogen-bond donors (Lipinski definition) is 3. The first-order chi connectivity index (χ1) is 13.3. The molecule has 156 valence electrons. The average Bonchev–Trinajstić information content (AvgIpc) is 2.64. The minimum atomic E-state index is -0.805. The van der Waals surface area contributed by atoms with Crippen molar-refractivity contribution in [3.8, 4) is 0 Å². The molecule has 1 aliphatic heterocycles. The molecule has 0 spiro atoms. The van der Waals surface area contributed by atoms with E-state index in [2.05, 4.69) is 18.7 Å². The zero-order chi connectivity index (χ0) is 20.4. The van der Waals surface area contributed by atoms with Gasteiger partial charge in [0.05, 0.1) is 12.7 Å². The van der Waals surface area contributed by atoms with E-state index in [-0.39, 0.29) is 31.3 Å². The van der Waals surface area contributed by atoms with Gasteiger partial charge in [0.15, 0.2) is 0 Å². The third-order valence-corrected chi connectivity index (χ3v) is 6.63. The van der Waals surface area contributed by atoms with Crippen molar-refractivity contribution in [1.29, 1.82) is 0 Å².